The molecule has 0 aliphatic heterocycles. The van der Waals surface area contributed by atoms with Gasteiger partial charge in [-0.25, -0.2) is 0 Å². The monoisotopic (exact) mass is 602 g/mol. The number of aliphatic hydroxyl groups is 3. The van der Waals surface area contributed by atoms with Gasteiger partial charge in [0.15, 0.2) is 0 Å². The maximum Gasteiger partial charge on any atom is 0.220 e. The van der Waals surface area contributed by atoms with E-state index in [9.17, 15) is 20.1 Å². The van der Waals surface area contributed by atoms with Crippen molar-refractivity contribution in [3.8, 4) is 0 Å². The number of aliphatic hydroxyl groups excluding tert-OH is 3. The van der Waals surface area contributed by atoms with E-state index in [0.29, 0.717) is 19.3 Å². The molecule has 0 aliphatic carbocycles. The van der Waals surface area contributed by atoms with E-state index in [1.807, 2.05) is 30.4 Å². The third-order valence-electron chi connectivity index (χ3n) is 7.62. The van der Waals surface area contributed by atoms with Gasteiger partial charge in [-0.15, -0.1) is 0 Å². The summed E-state index contributed by atoms with van der Waals surface area (Å²) in [5, 5.41) is 32.7. The molecule has 0 aromatic carbocycles. The van der Waals surface area contributed by atoms with Crippen molar-refractivity contribution in [1.82, 2.24) is 5.32 Å². The summed E-state index contributed by atoms with van der Waals surface area (Å²) in [6, 6.07) is -0.579. The summed E-state index contributed by atoms with van der Waals surface area (Å²) >= 11 is 0. The van der Waals surface area contributed by atoms with Crippen LogP contribution in [0.1, 0.15) is 149 Å². The van der Waals surface area contributed by atoms with Gasteiger partial charge in [0, 0.05) is 6.42 Å². The highest BCUT2D eigenvalue weighted by atomic mass is 16.3. The van der Waals surface area contributed by atoms with Gasteiger partial charge < -0.3 is 20.6 Å². The molecule has 0 aromatic rings. The van der Waals surface area contributed by atoms with Crippen LogP contribution < -0.4 is 5.32 Å². The maximum absolute atomic E-state index is 12.3. The minimum Gasteiger partial charge on any atom is -0.394 e. The van der Waals surface area contributed by atoms with Crippen molar-refractivity contribution in [2.75, 3.05) is 6.61 Å². The normalized spacial score (nSPS) is 14.6. The summed E-state index contributed by atoms with van der Waals surface area (Å²) in [6.45, 7) is 4.08. The molecule has 0 fully saturated rings. The van der Waals surface area contributed by atoms with Crippen molar-refractivity contribution in [2.45, 2.75) is 167 Å². The van der Waals surface area contributed by atoms with E-state index in [2.05, 4.69) is 49.5 Å². The third-order valence-corrected chi connectivity index (χ3v) is 7.62. The first-order valence-electron chi connectivity index (χ1n) is 17.6. The predicted molar refractivity (Wildman–Crippen MR) is 185 cm³/mol. The molecular weight excluding hydrogens is 534 g/mol. The van der Waals surface area contributed by atoms with Gasteiger partial charge in [-0.1, -0.05) is 158 Å². The van der Waals surface area contributed by atoms with Gasteiger partial charge in [0.05, 0.1) is 24.9 Å². The van der Waals surface area contributed by atoms with E-state index >= 15 is 0 Å². The molecular formula is C38H67NO4. The van der Waals surface area contributed by atoms with E-state index in [4.69, 9.17) is 0 Å². The lowest BCUT2D eigenvalue weighted by Gasteiger charge is -2.22. The summed E-state index contributed by atoms with van der Waals surface area (Å²) in [7, 11) is 0. The number of carbonyl (C=O) groups excluding carboxylic acids is 1. The number of nitrogens with one attached hydrogen (secondary N) is 1. The molecule has 1 unspecified atom stereocenters. The fourth-order valence-corrected chi connectivity index (χ4v) is 4.88. The van der Waals surface area contributed by atoms with E-state index in [-0.39, 0.29) is 12.5 Å². The molecule has 0 bridgehead atoms. The lowest BCUT2D eigenvalue weighted by Crippen LogP contribution is -2.45. The lowest BCUT2D eigenvalue weighted by molar-refractivity contribution is -0.123. The average molecular weight is 602 g/mol. The Bertz CT molecular complexity index is 755. The van der Waals surface area contributed by atoms with Gasteiger partial charge in [-0.3, -0.25) is 4.79 Å². The fourth-order valence-electron chi connectivity index (χ4n) is 4.88. The molecule has 5 nitrogen and oxygen atoms in total. The quantitative estimate of drug-likeness (QED) is 0.0375. The molecule has 4 N–H and O–H groups in total. The first-order valence-corrected chi connectivity index (χ1v) is 17.6. The molecule has 5 heteroatoms. The Morgan fingerprint density at radius 1 is 0.674 bits per heavy atom. The molecule has 0 saturated heterocycles. The number of carbonyl (C=O) groups is 1. The van der Waals surface area contributed by atoms with Crippen molar-refractivity contribution in [3.05, 3.63) is 60.8 Å². The first-order chi connectivity index (χ1) is 21.0. The lowest BCUT2D eigenvalue weighted by atomic mass is 10.0. The van der Waals surface area contributed by atoms with Gasteiger partial charge in [0.25, 0.3) is 0 Å². The second-order valence-electron chi connectivity index (χ2n) is 11.8. The number of amides is 1. The summed E-state index contributed by atoms with van der Waals surface area (Å²) in [5.41, 5.74) is 0. The standard InChI is InChI=1S/C38H67NO4/c1-3-5-7-8-9-10-11-12-16-19-22-25-28-32-37(42)36(34-40)39-38(43)33-29-26-23-20-17-14-13-15-18-21-24-27-31-35(41)30-6-4-2/h6,13-14,18,20-21,23-24,27,30,35-37,40-42H,3-5,7-12,15-17,19,22,25-26,28-29,31-34H2,1-2H3,(H,39,43)/b14-13-,21-18-,23-20-,27-24+,30-6-/t35?,36-,37+/m0/s1. The molecule has 0 spiro atoms. The summed E-state index contributed by atoms with van der Waals surface area (Å²) in [6.07, 6.45) is 41.8. The second kappa shape index (κ2) is 33.0. The Labute approximate surface area is 265 Å². The molecule has 0 aliphatic rings. The van der Waals surface area contributed by atoms with Crippen molar-refractivity contribution >= 4 is 5.91 Å². The second-order valence-corrected chi connectivity index (χ2v) is 11.8. The molecule has 0 rings (SSSR count). The summed E-state index contributed by atoms with van der Waals surface area (Å²) in [5.74, 6) is -0.107. The molecule has 1 amide bonds. The van der Waals surface area contributed by atoms with Crippen molar-refractivity contribution in [3.63, 3.8) is 0 Å². The summed E-state index contributed by atoms with van der Waals surface area (Å²) < 4.78 is 0. The Morgan fingerprint density at radius 3 is 1.84 bits per heavy atom. The Hall–Kier alpha value is -1.95. The van der Waals surface area contributed by atoms with E-state index in [1.165, 1.54) is 70.6 Å². The van der Waals surface area contributed by atoms with Crippen LogP contribution in [0.5, 0.6) is 0 Å². The van der Waals surface area contributed by atoms with Crippen molar-refractivity contribution < 1.29 is 20.1 Å². The summed E-state index contributed by atoms with van der Waals surface area (Å²) in [4.78, 5) is 12.3. The van der Waals surface area contributed by atoms with Crippen LogP contribution in [0.4, 0.5) is 0 Å². The zero-order valence-corrected chi connectivity index (χ0v) is 27.8. The molecule has 3 atom stereocenters. The van der Waals surface area contributed by atoms with E-state index < -0.39 is 18.2 Å². The van der Waals surface area contributed by atoms with Gasteiger partial charge in [-0.05, 0) is 44.9 Å². The van der Waals surface area contributed by atoms with Crippen molar-refractivity contribution in [1.29, 1.82) is 0 Å². The average Bonchev–Trinajstić information content (AvgIpc) is 3.01. The minimum absolute atomic E-state index is 0.107. The highest BCUT2D eigenvalue weighted by Gasteiger charge is 2.19. The van der Waals surface area contributed by atoms with E-state index in [1.54, 1.807) is 0 Å². The number of unbranched alkanes of at least 4 members (excludes halogenated alkanes) is 13. The Balaban J connectivity index is 3.78. The predicted octanol–water partition coefficient (Wildman–Crippen LogP) is 9.20. The highest BCUT2D eigenvalue weighted by molar-refractivity contribution is 5.76. The zero-order valence-electron chi connectivity index (χ0n) is 27.8. The van der Waals surface area contributed by atoms with Gasteiger partial charge >= 0.3 is 0 Å². The van der Waals surface area contributed by atoms with Gasteiger partial charge in [0.1, 0.15) is 0 Å². The van der Waals surface area contributed by atoms with Crippen LogP contribution in [0.2, 0.25) is 0 Å². The fraction of sp³-hybridized carbons (Fsp3) is 0.711. The number of rotatable bonds is 30. The molecule has 0 radical (unpaired) electrons. The topological polar surface area (TPSA) is 89.8 Å². The van der Waals surface area contributed by atoms with Crippen LogP contribution in [0, 0.1) is 0 Å². The minimum atomic E-state index is -0.694. The van der Waals surface area contributed by atoms with Crippen LogP contribution in [0.15, 0.2) is 60.8 Å². The Kier molecular flexibility index (Phi) is 31.5. The molecule has 0 aromatic heterocycles. The van der Waals surface area contributed by atoms with Crippen molar-refractivity contribution in [2.24, 2.45) is 0 Å². The van der Waals surface area contributed by atoms with Crippen LogP contribution in [0.3, 0.4) is 0 Å². The van der Waals surface area contributed by atoms with Crippen LogP contribution in [-0.2, 0) is 4.79 Å². The Morgan fingerprint density at radius 2 is 1.23 bits per heavy atom. The van der Waals surface area contributed by atoms with Gasteiger partial charge in [0.2, 0.25) is 5.91 Å². The molecule has 0 saturated carbocycles. The molecule has 43 heavy (non-hydrogen) atoms. The third kappa shape index (κ3) is 29.9. The molecule has 0 heterocycles. The number of hydrogen-bond donors (Lipinski definition) is 4. The molecule has 248 valence electrons. The first kappa shape index (κ1) is 41.0. The largest absolute Gasteiger partial charge is 0.394 e. The van der Waals surface area contributed by atoms with Crippen LogP contribution in [0.25, 0.3) is 0 Å². The number of hydrogen-bond acceptors (Lipinski definition) is 4. The zero-order chi connectivity index (χ0) is 31.6. The van der Waals surface area contributed by atoms with Crippen LogP contribution in [-0.4, -0.2) is 46.1 Å². The van der Waals surface area contributed by atoms with Crippen LogP contribution >= 0.6 is 0 Å². The number of allylic oxidation sites excluding steroid dienone is 8. The van der Waals surface area contributed by atoms with Gasteiger partial charge in [-0.2, -0.15) is 0 Å². The highest BCUT2D eigenvalue weighted by Crippen LogP contribution is 2.14. The van der Waals surface area contributed by atoms with E-state index in [0.717, 1.165) is 44.9 Å². The SMILES string of the molecule is CC/C=C\C(O)C/C=C/C=C\C/C=C\C/C=C\CCCC(=O)N[C@@H](CO)[C@H](O)CCCCCCCCCCCCCCC. The maximum atomic E-state index is 12.3. The smallest absolute Gasteiger partial charge is 0.220 e.